The van der Waals surface area contributed by atoms with Gasteiger partial charge in [0.15, 0.2) is 15.8 Å². The van der Waals surface area contributed by atoms with E-state index >= 15 is 0 Å². The van der Waals surface area contributed by atoms with Gasteiger partial charge in [-0.1, -0.05) is 43.3 Å². The molecule has 1 unspecified atom stereocenters. The van der Waals surface area contributed by atoms with Crippen molar-refractivity contribution < 1.29 is 12.8 Å². The van der Waals surface area contributed by atoms with E-state index in [4.69, 9.17) is 0 Å². The van der Waals surface area contributed by atoms with Crippen molar-refractivity contribution in [3.8, 4) is 0 Å². The fourth-order valence-corrected chi connectivity index (χ4v) is 3.87. The summed E-state index contributed by atoms with van der Waals surface area (Å²) >= 11 is 0. The minimum absolute atomic E-state index is 0. The van der Waals surface area contributed by atoms with Gasteiger partial charge in [0.2, 0.25) is 0 Å². The zero-order valence-corrected chi connectivity index (χ0v) is 20.8. The van der Waals surface area contributed by atoms with Crippen LogP contribution in [0.5, 0.6) is 0 Å². The second-order valence-corrected chi connectivity index (χ2v) is 9.35. The number of rotatable bonds is 9. The molecule has 0 aliphatic carbocycles. The molecule has 1 atom stereocenters. The topological polar surface area (TPSA) is 70.6 Å². The maximum absolute atomic E-state index is 13.7. The summed E-state index contributed by atoms with van der Waals surface area (Å²) in [5, 5.41) is 6.48. The molecule has 0 amide bonds. The Morgan fingerprint density at radius 1 is 1.10 bits per heavy atom. The number of guanidine groups is 1. The molecule has 0 saturated heterocycles. The first-order chi connectivity index (χ1) is 13.8. The molecule has 8 heteroatoms. The molecule has 0 fully saturated rings. The van der Waals surface area contributed by atoms with E-state index < -0.39 is 15.7 Å². The van der Waals surface area contributed by atoms with Crippen LogP contribution in [0, 0.1) is 5.82 Å². The smallest absolute Gasteiger partial charge is 0.191 e. The minimum Gasteiger partial charge on any atom is -0.357 e. The maximum Gasteiger partial charge on any atom is 0.191 e. The molecule has 0 radical (unpaired) electrons. The van der Waals surface area contributed by atoms with Crippen molar-refractivity contribution in [2.75, 3.05) is 19.3 Å². The number of aliphatic imine (C=N–C) groups is 1. The van der Waals surface area contributed by atoms with Crippen LogP contribution in [-0.2, 0) is 22.1 Å². The average molecular weight is 547 g/mol. The first-order valence-electron chi connectivity index (χ1n) is 9.80. The maximum atomic E-state index is 13.7. The summed E-state index contributed by atoms with van der Waals surface area (Å²) in [5.74, 6) is 0.511. The first kappa shape index (κ1) is 26.4. The van der Waals surface area contributed by atoms with Crippen LogP contribution < -0.4 is 10.6 Å². The summed E-state index contributed by atoms with van der Waals surface area (Å²) in [7, 11) is -3.21. The standard InChI is InChI=1S/C22H30FN3O2S.HI/c1-4-24-22(25-13-12-17(2)18-8-6-5-7-9-18)26-15-20-14-21(23)11-10-19(20)16-29(3,27)28;/h5-11,14,17H,4,12-13,15-16H2,1-3H3,(H2,24,25,26);1H. The summed E-state index contributed by atoms with van der Waals surface area (Å²) < 4.78 is 37.0. The Kier molecular flexibility index (Phi) is 11.3. The number of hydrogen-bond donors (Lipinski definition) is 2. The lowest BCUT2D eigenvalue weighted by molar-refractivity contribution is 0.600. The summed E-state index contributed by atoms with van der Waals surface area (Å²) in [6.07, 6.45) is 2.11. The molecule has 2 rings (SSSR count). The van der Waals surface area contributed by atoms with Crippen molar-refractivity contribution in [1.29, 1.82) is 0 Å². The van der Waals surface area contributed by atoms with Gasteiger partial charge in [-0.05, 0) is 48.1 Å². The molecule has 0 bridgehead atoms. The number of hydrogen-bond acceptors (Lipinski definition) is 3. The van der Waals surface area contributed by atoms with Crippen molar-refractivity contribution in [3.05, 3.63) is 71.0 Å². The lowest BCUT2D eigenvalue weighted by Crippen LogP contribution is -2.38. The van der Waals surface area contributed by atoms with Gasteiger partial charge >= 0.3 is 0 Å². The highest BCUT2D eigenvalue weighted by Crippen LogP contribution is 2.18. The summed E-state index contributed by atoms with van der Waals surface area (Å²) in [6.45, 7) is 5.79. The lowest BCUT2D eigenvalue weighted by Gasteiger charge is -2.15. The highest BCUT2D eigenvalue weighted by atomic mass is 127. The molecule has 0 aromatic heterocycles. The van der Waals surface area contributed by atoms with E-state index in [1.807, 2.05) is 25.1 Å². The van der Waals surface area contributed by atoms with E-state index in [-0.39, 0.29) is 36.3 Å². The normalized spacial score (nSPS) is 12.7. The van der Waals surface area contributed by atoms with Crippen LogP contribution in [0.2, 0.25) is 0 Å². The third kappa shape index (κ3) is 9.42. The number of nitrogens with one attached hydrogen (secondary N) is 2. The van der Waals surface area contributed by atoms with Crippen LogP contribution in [-0.4, -0.2) is 33.7 Å². The van der Waals surface area contributed by atoms with Crippen molar-refractivity contribution in [3.63, 3.8) is 0 Å². The summed E-state index contributed by atoms with van der Waals surface area (Å²) in [5.41, 5.74) is 2.44. The zero-order chi connectivity index (χ0) is 21.3. The number of sulfone groups is 1. The second-order valence-electron chi connectivity index (χ2n) is 7.21. The summed E-state index contributed by atoms with van der Waals surface area (Å²) in [6, 6.07) is 14.5. The first-order valence-corrected chi connectivity index (χ1v) is 11.9. The molecule has 2 aromatic carbocycles. The molecule has 30 heavy (non-hydrogen) atoms. The molecule has 2 N–H and O–H groups in total. The Balaban J connectivity index is 0.00000450. The molecule has 0 heterocycles. The molecule has 5 nitrogen and oxygen atoms in total. The predicted octanol–water partition coefficient (Wildman–Crippen LogP) is 4.24. The van der Waals surface area contributed by atoms with Crippen LogP contribution >= 0.6 is 24.0 Å². The highest BCUT2D eigenvalue weighted by Gasteiger charge is 2.11. The van der Waals surface area contributed by atoms with Crippen molar-refractivity contribution in [1.82, 2.24) is 10.6 Å². The summed E-state index contributed by atoms with van der Waals surface area (Å²) in [4.78, 5) is 4.52. The van der Waals surface area contributed by atoms with E-state index in [2.05, 4.69) is 34.7 Å². The van der Waals surface area contributed by atoms with Crippen LogP contribution in [0.4, 0.5) is 4.39 Å². The Morgan fingerprint density at radius 3 is 2.43 bits per heavy atom. The van der Waals surface area contributed by atoms with Crippen LogP contribution in [0.15, 0.2) is 53.5 Å². The van der Waals surface area contributed by atoms with Gasteiger partial charge in [-0.2, -0.15) is 0 Å². The largest absolute Gasteiger partial charge is 0.357 e. The predicted molar refractivity (Wildman–Crippen MR) is 133 cm³/mol. The van der Waals surface area contributed by atoms with Gasteiger partial charge in [-0.15, -0.1) is 24.0 Å². The van der Waals surface area contributed by atoms with Gasteiger partial charge in [0, 0.05) is 19.3 Å². The second kappa shape index (κ2) is 12.9. The molecular formula is C22H31FIN3O2S. The fourth-order valence-electron chi connectivity index (χ4n) is 3.03. The van der Waals surface area contributed by atoms with Crippen LogP contribution in [0.1, 0.15) is 42.9 Å². The molecule has 0 aliphatic rings. The fraction of sp³-hybridized carbons (Fsp3) is 0.409. The Bertz CT molecular complexity index is 921. The van der Waals surface area contributed by atoms with Gasteiger partial charge in [0.1, 0.15) is 5.82 Å². The third-order valence-corrected chi connectivity index (χ3v) is 5.41. The number of halogens is 2. The van der Waals surface area contributed by atoms with Gasteiger partial charge in [-0.25, -0.2) is 17.8 Å². The Labute approximate surface area is 196 Å². The number of nitrogens with zero attached hydrogens (tertiary/aromatic N) is 1. The average Bonchev–Trinajstić information content (AvgIpc) is 2.67. The van der Waals surface area contributed by atoms with Crippen molar-refractivity contribution in [2.45, 2.75) is 38.5 Å². The molecular weight excluding hydrogens is 516 g/mol. The van der Waals surface area contributed by atoms with Crippen molar-refractivity contribution >= 4 is 39.8 Å². The molecule has 0 aliphatic heterocycles. The monoisotopic (exact) mass is 547 g/mol. The SMILES string of the molecule is CCNC(=NCc1cc(F)ccc1CS(C)(=O)=O)NCCC(C)c1ccccc1.I. The van der Waals surface area contributed by atoms with Crippen molar-refractivity contribution in [2.24, 2.45) is 4.99 Å². The molecule has 166 valence electrons. The van der Waals surface area contributed by atoms with E-state index in [9.17, 15) is 12.8 Å². The molecule has 2 aromatic rings. The highest BCUT2D eigenvalue weighted by molar-refractivity contribution is 14.0. The van der Waals surface area contributed by atoms with E-state index in [1.54, 1.807) is 0 Å². The Hall–Kier alpha value is -1.68. The van der Waals surface area contributed by atoms with Gasteiger partial charge < -0.3 is 10.6 Å². The van der Waals surface area contributed by atoms with Crippen LogP contribution in [0.25, 0.3) is 0 Å². The van der Waals surface area contributed by atoms with E-state index in [1.165, 1.54) is 30.0 Å². The Morgan fingerprint density at radius 2 is 1.80 bits per heavy atom. The third-order valence-electron chi connectivity index (χ3n) is 4.58. The van der Waals surface area contributed by atoms with Gasteiger partial charge in [-0.3, -0.25) is 0 Å². The van der Waals surface area contributed by atoms with Crippen LogP contribution in [0.3, 0.4) is 0 Å². The quantitative estimate of drug-likeness (QED) is 0.280. The molecule has 0 saturated carbocycles. The van der Waals surface area contributed by atoms with E-state index in [0.717, 1.165) is 13.0 Å². The molecule has 0 spiro atoms. The van der Waals surface area contributed by atoms with E-state index in [0.29, 0.717) is 29.5 Å². The van der Waals surface area contributed by atoms with Gasteiger partial charge in [0.25, 0.3) is 0 Å². The zero-order valence-electron chi connectivity index (χ0n) is 17.7. The minimum atomic E-state index is -3.21. The lowest BCUT2D eigenvalue weighted by atomic mass is 9.98. The van der Waals surface area contributed by atoms with Gasteiger partial charge in [0.05, 0.1) is 12.3 Å². The number of benzene rings is 2.